The van der Waals surface area contributed by atoms with E-state index < -0.39 is 33.4 Å². The van der Waals surface area contributed by atoms with Gasteiger partial charge in [-0.3, -0.25) is 14.9 Å². The zero-order chi connectivity index (χ0) is 23.0. The van der Waals surface area contributed by atoms with Gasteiger partial charge in [0.2, 0.25) is 10.0 Å². The van der Waals surface area contributed by atoms with Crippen molar-refractivity contribution >= 4 is 45.3 Å². The zero-order valence-corrected chi connectivity index (χ0v) is 17.6. The number of amides is 1. The van der Waals surface area contributed by atoms with E-state index in [0.717, 1.165) is 11.6 Å². The molecule has 0 unspecified atom stereocenters. The molecule has 3 N–H and O–H groups in total. The number of carbonyl (C=O) groups is 2. The van der Waals surface area contributed by atoms with Crippen LogP contribution in [0.3, 0.4) is 0 Å². The van der Waals surface area contributed by atoms with Crippen LogP contribution in [0, 0.1) is 10.1 Å². The summed E-state index contributed by atoms with van der Waals surface area (Å²) < 4.78 is 27.2. The lowest BCUT2D eigenvalue weighted by atomic mass is 10.1. The largest absolute Gasteiger partial charge is 0.452 e. The summed E-state index contributed by atoms with van der Waals surface area (Å²) in [6, 6.07) is 9.93. The topological polar surface area (TPSA) is 159 Å². The van der Waals surface area contributed by atoms with Gasteiger partial charge in [0, 0.05) is 18.7 Å². The molecule has 0 aliphatic rings. The van der Waals surface area contributed by atoms with Crippen molar-refractivity contribution in [3.8, 4) is 0 Å². The quantitative estimate of drug-likeness (QED) is 0.246. The SMILES string of the molecule is NS(=O)(=O)c1ccc(CCNC(=O)COC(=O)/C=C/c2ccc(Cl)c([N+](=O)[O-])c2)cc1. The smallest absolute Gasteiger partial charge is 0.331 e. The van der Waals surface area contributed by atoms with Crippen molar-refractivity contribution in [1.82, 2.24) is 5.32 Å². The normalized spacial score (nSPS) is 11.3. The Kier molecular flexibility index (Phi) is 8.25. The number of esters is 1. The minimum absolute atomic E-state index is 0.00606. The molecule has 0 spiro atoms. The Morgan fingerprint density at radius 1 is 1.19 bits per heavy atom. The first-order valence-electron chi connectivity index (χ1n) is 8.73. The molecule has 0 saturated heterocycles. The van der Waals surface area contributed by atoms with E-state index in [9.17, 15) is 28.1 Å². The van der Waals surface area contributed by atoms with Crippen LogP contribution in [0.15, 0.2) is 53.4 Å². The second-order valence-corrected chi connectivity index (χ2v) is 8.17. The third-order valence-corrected chi connectivity index (χ3v) is 5.16. The average Bonchev–Trinajstić information content (AvgIpc) is 2.71. The van der Waals surface area contributed by atoms with Crippen LogP contribution in [0.2, 0.25) is 5.02 Å². The maximum absolute atomic E-state index is 11.8. The van der Waals surface area contributed by atoms with E-state index in [-0.39, 0.29) is 22.2 Å². The van der Waals surface area contributed by atoms with Crippen molar-refractivity contribution < 1.29 is 27.7 Å². The number of hydrogen-bond acceptors (Lipinski definition) is 7. The summed E-state index contributed by atoms with van der Waals surface area (Å²) >= 11 is 5.71. The molecule has 0 atom stereocenters. The molecule has 164 valence electrons. The van der Waals surface area contributed by atoms with E-state index in [0.29, 0.717) is 12.0 Å². The fourth-order valence-corrected chi connectivity index (χ4v) is 3.07. The van der Waals surface area contributed by atoms with Gasteiger partial charge in [0.1, 0.15) is 5.02 Å². The summed E-state index contributed by atoms with van der Waals surface area (Å²) in [6.45, 7) is -0.260. The van der Waals surface area contributed by atoms with Gasteiger partial charge >= 0.3 is 5.97 Å². The van der Waals surface area contributed by atoms with E-state index >= 15 is 0 Å². The highest BCUT2D eigenvalue weighted by Crippen LogP contribution is 2.25. The van der Waals surface area contributed by atoms with Crippen LogP contribution in [0.4, 0.5) is 5.69 Å². The van der Waals surface area contributed by atoms with Crippen LogP contribution in [0.25, 0.3) is 6.08 Å². The van der Waals surface area contributed by atoms with Gasteiger partial charge in [-0.15, -0.1) is 0 Å². The van der Waals surface area contributed by atoms with Crippen LogP contribution in [0.1, 0.15) is 11.1 Å². The first-order chi connectivity index (χ1) is 14.6. The lowest BCUT2D eigenvalue weighted by molar-refractivity contribution is -0.384. The molecule has 0 aromatic heterocycles. The Labute approximate surface area is 182 Å². The highest BCUT2D eigenvalue weighted by atomic mass is 35.5. The predicted octanol–water partition coefficient (Wildman–Crippen LogP) is 1.81. The minimum atomic E-state index is -3.76. The number of carbonyl (C=O) groups excluding carboxylic acids is 2. The van der Waals surface area contributed by atoms with Gasteiger partial charge in [-0.1, -0.05) is 29.8 Å². The number of benzene rings is 2. The number of rotatable bonds is 9. The van der Waals surface area contributed by atoms with Crippen molar-refractivity contribution in [3.63, 3.8) is 0 Å². The first-order valence-corrected chi connectivity index (χ1v) is 10.7. The second kappa shape index (κ2) is 10.7. The number of nitrogens with zero attached hydrogens (tertiary/aromatic N) is 1. The van der Waals surface area contributed by atoms with Gasteiger partial charge in [0.25, 0.3) is 11.6 Å². The summed E-state index contributed by atoms with van der Waals surface area (Å²) in [6.07, 6.45) is 2.77. The Bertz CT molecular complexity index is 1120. The van der Waals surface area contributed by atoms with E-state index in [1.54, 1.807) is 12.1 Å². The standard InChI is InChI=1S/C19H18ClN3O7S/c20-16-7-3-14(11-17(16)23(26)27)4-8-19(25)30-12-18(24)22-10-9-13-1-5-15(6-2-13)31(21,28)29/h1-8,11H,9-10,12H2,(H,22,24)(H2,21,28,29)/b8-4+. The molecule has 0 aliphatic carbocycles. The van der Waals surface area contributed by atoms with E-state index in [2.05, 4.69) is 5.32 Å². The van der Waals surface area contributed by atoms with E-state index in [1.807, 2.05) is 0 Å². The van der Waals surface area contributed by atoms with Crippen LogP contribution in [-0.2, 0) is 30.8 Å². The second-order valence-electron chi connectivity index (χ2n) is 6.20. The number of nitrogens with two attached hydrogens (primary N) is 1. The molecule has 0 fully saturated rings. The predicted molar refractivity (Wildman–Crippen MR) is 113 cm³/mol. The van der Waals surface area contributed by atoms with Gasteiger partial charge in [-0.25, -0.2) is 18.4 Å². The van der Waals surface area contributed by atoms with Gasteiger partial charge < -0.3 is 10.1 Å². The highest BCUT2D eigenvalue weighted by Gasteiger charge is 2.12. The fourth-order valence-electron chi connectivity index (χ4n) is 2.37. The Morgan fingerprint density at radius 3 is 2.48 bits per heavy atom. The summed E-state index contributed by atoms with van der Waals surface area (Å²) in [5.74, 6) is -1.32. The number of halogens is 1. The number of ether oxygens (including phenoxy) is 1. The molecule has 10 nitrogen and oxygen atoms in total. The maximum Gasteiger partial charge on any atom is 0.331 e. The first kappa shape index (κ1) is 24.0. The molecular weight excluding hydrogens is 450 g/mol. The zero-order valence-electron chi connectivity index (χ0n) is 16.0. The summed E-state index contributed by atoms with van der Waals surface area (Å²) in [4.78, 5) is 33.7. The average molecular weight is 468 g/mol. The monoisotopic (exact) mass is 467 g/mol. The highest BCUT2D eigenvalue weighted by molar-refractivity contribution is 7.89. The number of primary sulfonamides is 1. The van der Waals surface area contributed by atoms with Crippen molar-refractivity contribution in [2.24, 2.45) is 5.14 Å². The lowest BCUT2D eigenvalue weighted by Gasteiger charge is -2.06. The van der Waals surface area contributed by atoms with Gasteiger partial charge in [0.15, 0.2) is 6.61 Å². The molecule has 2 rings (SSSR count). The summed E-state index contributed by atoms with van der Waals surface area (Å²) in [7, 11) is -3.76. The maximum atomic E-state index is 11.8. The van der Waals surface area contributed by atoms with Crippen LogP contribution in [0.5, 0.6) is 0 Å². The van der Waals surface area contributed by atoms with Gasteiger partial charge in [-0.2, -0.15) is 0 Å². The molecule has 0 heterocycles. The minimum Gasteiger partial charge on any atom is -0.452 e. The number of nitrogens with one attached hydrogen (secondary N) is 1. The molecule has 0 bridgehead atoms. The Hall–Kier alpha value is -3.28. The molecule has 0 saturated carbocycles. The van der Waals surface area contributed by atoms with Crippen LogP contribution in [-0.4, -0.2) is 38.4 Å². The summed E-state index contributed by atoms with van der Waals surface area (Å²) in [5, 5.41) is 18.4. The lowest BCUT2D eigenvalue weighted by Crippen LogP contribution is -2.30. The molecular formula is C19H18ClN3O7S. The van der Waals surface area contributed by atoms with Crippen LogP contribution < -0.4 is 10.5 Å². The molecule has 0 aliphatic heterocycles. The van der Waals surface area contributed by atoms with Crippen molar-refractivity contribution in [2.45, 2.75) is 11.3 Å². The fraction of sp³-hybridized carbons (Fsp3) is 0.158. The van der Waals surface area contributed by atoms with Gasteiger partial charge in [-0.05, 0) is 41.8 Å². The molecule has 2 aromatic rings. The third-order valence-electron chi connectivity index (χ3n) is 3.91. The number of sulfonamides is 1. The van der Waals surface area contributed by atoms with Gasteiger partial charge in [0.05, 0.1) is 9.82 Å². The van der Waals surface area contributed by atoms with E-state index in [4.69, 9.17) is 21.5 Å². The van der Waals surface area contributed by atoms with Crippen molar-refractivity contribution in [2.75, 3.05) is 13.2 Å². The van der Waals surface area contributed by atoms with Crippen molar-refractivity contribution in [1.29, 1.82) is 0 Å². The van der Waals surface area contributed by atoms with E-state index in [1.165, 1.54) is 36.4 Å². The number of nitro groups is 1. The molecule has 12 heteroatoms. The molecule has 1 amide bonds. The summed E-state index contributed by atoms with van der Waals surface area (Å²) in [5.41, 5.74) is 0.853. The van der Waals surface area contributed by atoms with Crippen LogP contribution >= 0.6 is 11.6 Å². The van der Waals surface area contributed by atoms with Crippen molar-refractivity contribution in [3.05, 3.63) is 74.8 Å². The Morgan fingerprint density at radius 2 is 1.87 bits per heavy atom. The number of hydrogen-bond donors (Lipinski definition) is 2. The molecule has 0 radical (unpaired) electrons. The molecule has 31 heavy (non-hydrogen) atoms. The third kappa shape index (κ3) is 7.81. The molecule has 2 aromatic carbocycles. The Balaban J connectivity index is 1.76. The number of nitro benzene ring substituents is 1.